The van der Waals surface area contributed by atoms with Crippen LogP contribution < -0.4 is 0 Å². The smallest absolute Gasteiger partial charge is 0.150 e. The van der Waals surface area contributed by atoms with Gasteiger partial charge in [-0.2, -0.15) is 0 Å². The van der Waals surface area contributed by atoms with Gasteiger partial charge in [-0.15, -0.1) is 0 Å². The van der Waals surface area contributed by atoms with Crippen LogP contribution in [0.1, 0.15) is 12.0 Å². The average Bonchev–Trinajstić information content (AvgIpc) is 2.62. The molecule has 1 saturated heterocycles. The van der Waals surface area contributed by atoms with E-state index in [1.165, 1.54) is 0 Å². The number of aliphatic hydroxyl groups is 1. The Morgan fingerprint density at radius 2 is 1.94 bits per heavy atom. The first-order chi connectivity index (χ1) is 7.96. The molecule has 1 aromatic rings. The predicted octanol–water partition coefficient (Wildman–Crippen LogP) is 0.730. The Labute approximate surface area is 101 Å². The second kappa shape index (κ2) is 4.66. The molecule has 0 aliphatic carbocycles. The molecule has 0 radical (unpaired) electrons. The van der Waals surface area contributed by atoms with Gasteiger partial charge < -0.3 is 10.2 Å². The Hall–Kier alpha value is -1.07. The Bertz CT molecular complexity index is 478. The quantitative estimate of drug-likeness (QED) is 0.836. The molecule has 0 aromatic heterocycles. The molecule has 1 aliphatic rings. The number of hydrogen-bond acceptors (Lipinski definition) is 4. The molecule has 1 fully saturated rings. The van der Waals surface area contributed by atoms with Gasteiger partial charge in [0.15, 0.2) is 9.84 Å². The number of benzene rings is 1. The van der Waals surface area contributed by atoms with Crippen molar-refractivity contribution in [3.8, 4) is 5.75 Å². The summed E-state index contributed by atoms with van der Waals surface area (Å²) in [5, 5.41) is 19.1. The van der Waals surface area contributed by atoms with Gasteiger partial charge in [-0.3, -0.25) is 0 Å². The van der Waals surface area contributed by atoms with Gasteiger partial charge in [-0.05, 0) is 30.5 Å². The van der Waals surface area contributed by atoms with Gasteiger partial charge in [0.2, 0.25) is 0 Å². The third-order valence-corrected chi connectivity index (χ3v) is 4.99. The van der Waals surface area contributed by atoms with E-state index in [1.54, 1.807) is 24.3 Å². The largest absolute Gasteiger partial charge is 0.508 e. The van der Waals surface area contributed by atoms with Crippen molar-refractivity contribution < 1.29 is 18.6 Å². The van der Waals surface area contributed by atoms with E-state index < -0.39 is 15.9 Å². The Morgan fingerprint density at radius 3 is 2.47 bits per heavy atom. The molecule has 4 nitrogen and oxygen atoms in total. The summed E-state index contributed by atoms with van der Waals surface area (Å²) in [5.74, 6) is 0.303. The lowest BCUT2D eigenvalue weighted by Crippen LogP contribution is -2.23. The van der Waals surface area contributed by atoms with Crippen molar-refractivity contribution in [3.05, 3.63) is 29.8 Å². The molecule has 2 atom stereocenters. The molecular weight excluding hydrogens is 240 g/mol. The fraction of sp³-hybridized carbons (Fsp3) is 0.500. The van der Waals surface area contributed by atoms with Gasteiger partial charge in [0.05, 0.1) is 17.6 Å². The van der Waals surface area contributed by atoms with Gasteiger partial charge in [-0.1, -0.05) is 12.1 Å². The Kier molecular flexibility index (Phi) is 3.40. The molecule has 94 valence electrons. The summed E-state index contributed by atoms with van der Waals surface area (Å²) < 4.78 is 22.6. The highest BCUT2D eigenvalue weighted by Gasteiger charge is 2.32. The van der Waals surface area contributed by atoms with E-state index >= 15 is 0 Å². The highest BCUT2D eigenvalue weighted by atomic mass is 32.2. The highest BCUT2D eigenvalue weighted by molar-refractivity contribution is 7.91. The first kappa shape index (κ1) is 12.4. The van der Waals surface area contributed by atoms with Crippen molar-refractivity contribution >= 4 is 9.84 Å². The molecule has 0 bridgehead atoms. The van der Waals surface area contributed by atoms with E-state index in [0.29, 0.717) is 12.8 Å². The van der Waals surface area contributed by atoms with Gasteiger partial charge in [0, 0.05) is 5.92 Å². The third-order valence-electron chi connectivity index (χ3n) is 3.19. The summed E-state index contributed by atoms with van der Waals surface area (Å²) in [6.45, 7) is 0. The third kappa shape index (κ3) is 3.20. The summed E-state index contributed by atoms with van der Waals surface area (Å²) >= 11 is 0. The molecule has 2 rings (SSSR count). The molecule has 1 aromatic carbocycles. The number of phenols is 1. The van der Waals surface area contributed by atoms with Crippen LogP contribution in [0.25, 0.3) is 0 Å². The van der Waals surface area contributed by atoms with Gasteiger partial charge in [0.25, 0.3) is 0 Å². The van der Waals surface area contributed by atoms with Crippen molar-refractivity contribution in [3.63, 3.8) is 0 Å². The molecule has 0 saturated carbocycles. The minimum absolute atomic E-state index is 0.0895. The molecule has 2 unspecified atom stereocenters. The second-order valence-electron chi connectivity index (χ2n) is 4.60. The normalized spacial score (nSPS) is 24.6. The lowest BCUT2D eigenvalue weighted by atomic mass is 9.96. The molecule has 0 spiro atoms. The maximum Gasteiger partial charge on any atom is 0.150 e. The number of phenolic OH excluding ortho intramolecular Hbond substituents is 1. The van der Waals surface area contributed by atoms with E-state index in [-0.39, 0.29) is 23.2 Å². The Morgan fingerprint density at radius 1 is 1.29 bits per heavy atom. The van der Waals surface area contributed by atoms with E-state index in [2.05, 4.69) is 0 Å². The van der Waals surface area contributed by atoms with Crippen molar-refractivity contribution in [2.75, 3.05) is 11.5 Å². The van der Waals surface area contributed by atoms with E-state index in [0.717, 1.165) is 5.56 Å². The maximum atomic E-state index is 11.3. The molecule has 1 aliphatic heterocycles. The standard InChI is InChI=1S/C12H16O4S/c13-11-3-1-9(2-4-11)7-12(14)10-5-6-17(15,16)8-10/h1-4,10,12-14H,5-8H2. The summed E-state index contributed by atoms with van der Waals surface area (Å²) in [6, 6.07) is 6.60. The average molecular weight is 256 g/mol. The SMILES string of the molecule is O=S1(=O)CCC(C(O)Cc2ccc(O)cc2)C1. The van der Waals surface area contributed by atoms with Crippen LogP contribution in [-0.4, -0.2) is 36.2 Å². The number of rotatable bonds is 3. The van der Waals surface area contributed by atoms with Crippen molar-refractivity contribution in [1.82, 2.24) is 0 Å². The fourth-order valence-electron chi connectivity index (χ4n) is 2.17. The molecule has 5 heteroatoms. The zero-order valence-corrected chi connectivity index (χ0v) is 10.2. The summed E-state index contributed by atoms with van der Waals surface area (Å²) in [5.41, 5.74) is 0.902. The minimum Gasteiger partial charge on any atom is -0.508 e. The fourth-order valence-corrected chi connectivity index (χ4v) is 4.04. The van der Waals surface area contributed by atoms with Crippen LogP contribution in [0.15, 0.2) is 24.3 Å². The van der Waals surface area contributed by atoms with E-state index in [1.807, 2.05) is 0 Å². The number of aliphatic hydroxyl groups excluding tert-OH is 1. The molecular formula is C12H16O4S. The van der Waals surface area contributed by atoms with Gasteiger partial charge >= 0.3 is 0 Å². The van der Waals surface area contributed by atoms with Gasteiger partial charge in [0.1, 0.15) is 5.75 Å². The van der Waals surface area contributed by atoms with Crippen LogP contribution in [0, 0.1) is 5.92 Å². The number of hydrogen-bond donors (Lipinski definition) is 2. The van der Waals surface area contributed by atoms with Crippen LogP contribution in [0.5, 0.6) is 5.75 Å². The van der Waals surface area contributed by atoms with Crippen LogP contribution >= 0.6 is 0 Å². The number of aromatic hydroxyl groups is 1. The first-order valence-corrected chi connectivity index (χ1v) is 7.45. The van der Waals surface area contributed by atoms with Gasteiger partial charge in [-0.25, -0.2) is 8.42 Å². The van der Waals surface area contributed by atoms with E-state index in [9.17, 15) is 13.5 Å². The zero-order chi connectivity index (χ0) is 12.5. The molecule has 2 N–H and O–H groups in total. The minimum atomic E-state index is -2.94. The molecule has 1 heterocycles. The van der Waals surface area contributed by atoms with Crippen LogP contribution in [0.3, 0.4) is 0 Å². The first-order valence-electron chi connectivity index (χ1n) is 5.63. The monoisotopic (exact) mass is 256 g/mol. The highest BCUT2D eigenvalue weighted by Crippen LogP contribution is 2.24. The summed E-state index contributed by atoms with van der Waals surface area (Å²) in [7, 11) is -2.94. The van der Waals surface area contributed by atoms with E-state index in [4.69, 9.17) is 5.11 Å². The second-order valence-corrected chi connectivity index (χ2v) is 6.83. The van der Waals surface area contributed by atoms with Crippen LogP contribution in [0.2, 0.25) is 0 Å². The van der Waals surface area contributed by atoms with Crippen molar-refractivity contribution in [2.24, 2.45) is 5.92 Å². The summed E-state index contributed by atoms with van der Waals surface area (Å²) in [6.07, 6.45) is 0.346. The Balaban J connectivity index is 1.98. The lowest BCUT2D eigenvalue weighted by molar-refractivity contribution is 0.120. The topological polar surface area (TPSA) is 74.6 Å². The lowest BCUT2D eigenvalue weighted by Gasteiger charge is -2.16. The van der Waals surface area contributed by atoms with Crippen molar-refractivity contribution in [2.45, 2.75) is 18.9 Å². The maximum absolute atomic E-state index is 11.3. The van der Waals surface area contributed by atoms with Crippen molar-refractivity contribution in [1.29, 1.82) is 0 Å². The van der Waals surface area contributed by atoms with Crippen LogP contribution in [-0.2, 0) is 16.3 Å². The molecule has 17 heavy (non-hydrogen) atoms. The van der Waals surface area contributed by atoms with Crippen LogP contribution in [0.4, 0.5) is 0 Å². The number of sulfone groups is 1. The predicted molar refractivity (Wildman–Crippen MR) is 64.6 cm³/mol. The summed E-state index contributed by atoms with van der Waals surface area (Å²) in [4.78, 5) is 0. The zero-order valence-electron chi connectivity index (χ0n) is 9.41. The molecule has 0 amide bonds.